The second-order valence-corrected chi connectivity index (χ2v) is 5.95. The molecule has 0 aliphatic heterocycles. The van der Waals surface area contributed by atoms with Crippen molar-refractivity contribution in [3.05, 3.63) is 52.5 Å². The largest absolute Gasteiger partial charge is 0.497 e. The lowest BCUT2D eigenvalue weighted by atomic mass is 10.1. The topological polar surface area (TPSA) is 50.4 Å². The number of hydrogen-bond acceptors (Lipinski definition) is 3. The molecule has 2 N–H and O–H groups in total. The third-order valence-corrected chi connectivity index (χ3v) is 3.81. The Morgan fingerprint density at radius 3 is 2.25 bits per heavy atom. The molecular weight excluding hydrogens is 414 g/mol. The normalized spacial score (nSPS) is 11.9. The molecule has 11 heteroatoms. The number of hydrogen-bond donors (Lipinski definition) is 2. The predicted molar refractivity (Wildman–Crippen MR) is 91.6 cm³/mol. The SMILES string of the molecule is COc1cc(NC(=O)CNc2ccc(Cl)c(C(F)(F)F)c2)cc(C(F)(F)F)c1. The van der Waals surface area contributed by atoms with E-state index in [2.05, 4.69) is 10.6 Å². The van der Waals surface area contributed by atoms with E-state index in [0.29, 0.717) is 6.07 Å². The van der Waals surface area contributed by atoms with Crippen LogP contribution in [-0.2, 0) is 17.1 Å². The van der Waals surface area contributed by atoms with E-state index in [9.17, 15) is 31.1 Å². The van der Waals surface area contributed by atoms with Gasteiger partial charge in [-0.25, -0.2) is 0 Å². The molecule has 28 heavy (non-hydrogen) atoms. The molecule has 0 fully saturated rings. The first-order valence-corrected chi connectivity index (χ1v) is 7.94. The summed E-state index contributed by atoms with van der Waals surface area (Å²) in [5, 5.41) is 4.18. The minimum Gasteiger partial charge on any atom is -0.497 e. The van der Waals surface area contributed by atoms with E-state index >= 15 is 0 Å². The van der Waals surface area contributed by atoms with Crippen LogP contribution in [0.3, 0.4) is 0 Å². The summed E-state index contributed by atoms with van der Waals surface area (Å²) in [6.45, 7) is -0.489. The maximum absolute atomic E-state index is 12.9. The maximum Gasteiger partial charge on any atom is 0.417 e. The minimum atomic E-state index is -4.67. The molecule has 4 nitrogen and oxygen atoms in total. The Balaban J connectivity index is 2.09. The molecule has 0 aliphatic carbocycles. The lowest BCUT2D eigenvalue weighted by Crippen LogP contribution is -2.22. The van der Waals surface area contributed by atoms with Gasteiger partial charge in [0.2, 0.25) is 5.91 Å². The number of nitrogens with one attached hydrogen (secondary N) is 2. The van der Waals surface area contributed by atoms with Gasteiger partial charge in [-0.3, -0.25) is 4.79 Å². The molecule has 0 saturated carbocycles. The Labute approximate surface area is 160 Å². The molecule has 0 atom stereocenters. The molecule has 0 radical (unpaired) electrons. The molecule has 0 unspecified atom stereocenters. The summed E-state index contributed by atoms with van der Waals surface area (Å²) in [6.07, 6.45) is -9.32. The number of amides is 1. The third kappa shape index (κ3) is 5.69. The van der Waals surface area contributed by atoms with Gasteiger partial charge < -0.3 is 15.4 Å². The highest BCUT2D eigenvalue weighted by molar-refractivity contribution is 6.31. The summed E-state index contributed by atoms with van der Waals surface area (Å²) >= 11 is 5.50. The minimum absolute atomic E-state index is 0.0338. The van der Waals surface area contributed by atoms with E-state index in [-0.39, 0.29) is 17.1 Å². The molecule has 2 rings (SSSR count). The first-order chi connectivity index (χ1) is 12.9. The summed E-state index contributed by atoms with van der Waals surface area (Å²) < 4.78 is 81.9. The monoisotopic (exact) mass is 426 g/mol. The van der Waals surface area contributed by atoms with Crippen molar-refractivity contribution in [1.82, 2.24) is 0 Å². The number of alkyl halides is 6. The van der Waals surface area contributed by atoms with Crippen LogP contribution < -0.4 is 15.4 Å². The van der Waals surface area contributed by atoms with Crippen molar-refractivity contribution in [3.8, 4) is 5.75 Å². The van der Waals surface area contributed by atoms with E-state index < -0.39 is 41.0 Å². The third-order valence-electron chi connectivity index (χ3n) is 3.48. The van der Waals surface area contributed by atoms with Gasteiger partial charge in [0, 0.05) is 17.4 Å². The van der Waals surface area contributed by atoms with Gasteiger partial charge in [-0.2, -0.15) is 26.3 Å². The van der Waals surface area contributed by atoms with Crippen molar-refractivity contribution in [3.63, 3.8) is 0 Å². The molecule has 2 aromatic carbocycles. The summed E-state index contributed by atoms with van der Waals surface area (Å²) in [4.78, 5) is 12.0. The van der Waals surface area contributed by atoms with Crippen molar-refractivity contribution >= 4 is 28.9 Å². The Hall–Kier alpha value is -2.62. The average Bonchev–Trinajstić information content (AvgIpc) is 2.59. The molecule has 152 valence electrons. The van der Waals surface area contributed by atoms with Crippen LogP contribution in [0.1, 0.15) is 11.1 Å². The lowest BCUT2D eigenvalue weighted by Gasteiger charge is -2.14. The van der Waals surface area contributed by atoms with Crippen molar-refractivity contribution in [1.29, 1.82) is 0 Å². The van der Waals surface area contributed by atoms with E-state index in [4.69, 9.17) is 16.3 Å². The molecule has 0 aliphatic rings. The quantitative estimate of drug-likeness (QED) is 0.626. The van der Waals surface area contributed by atoms with Gasteiger partial charge in [-0.15, -0.1) is 0 Å². The predicted octanol–water partition coefficient (Wildman–Crippen LogP) is 5.44. The van der Waals surface area contributed by atoms with Gasteiger partial charge in [-0.1, -0.05) is 11.6 Å². The summed E-state index contributed by atoms with van der Waals surface area (Å²) in [6, 6.07) is 5.63. The molecule has 0 aromatic heterocycles. The fraction of sp³-hybridized carbons (Fsp3) is 0.235. The number of ether oxygens (including phenoxy) is 1. The fourth-order valence-electron chi connectivity index (χ4n) is 2.19. The molecule has 0 heterocycles. The highest BCUT2D eigenvalue weighted by Crippen LogP contribution is 2.36. The van der Waals surface area contributed by atoms with Crippen molar-refractivity contribution in [2.75, 3.05) is 24.3 Å². The second-order valence-electron chi connectivity index (χ2n) is 5.54. The van der Waals surface area contributed by atoms with Crippen molar-refractivity contribution in [2.24, 2.45) is 0 Å². The summed E-state index contributed by atoms with van der Waals surface area (Å²) in [5.41, 5.74) is -2.32. The summed E-state index contributed by atoms with van der Waals surface area (Å²) in [7, 11) is 1.17. The maximum atomic E-state index is 12.9. The first kappa shape index (κ1) is 21.7. The molecule has 1 amide bonds. The van der Waals surface area contributed by atoms with Gasteiger partial charge in [0.05, 0.1) is 29.8 Å². The van der Waals surface area contributed by atoms with E-state index in [1.807, 2.05) is 0 Å². The van der Waals surface area contributed by atoms with Gasteiger partial charge in [0.1, 0.15) is 5.75 Å². The highest BCUT2D eigenvalue weighted by atomic mass is 35.5. The Morgan fingerprint density at radius 2 is 1.68 bits per heavy atom. The highest BCUT2D eigenvalue weighted by Gasteiger charge is 2.33. The molecule has 0 bridgehead atoms. The Kier molecular flexibility index (Phi) is 6.33. The fourth-order valence-corrected chi connectivity index (χ4v) is 2.42. The zero-order valence-electron chi connectivity index (χ0n) is 14.1. The zero-order valence-corrected chi connectivity index (χ0v) is 14.9. The van der Waals surface area contributed by atoms with E-state index in [1.54, 1.807) is 0 Å². The zero-order chi connectivity index (χ0) is 21.1. The molecule has 0 spiro atoms. The van der Waals surface area contributed by atoms with Crippen LogP contribution in [0.5, 0.6) is 5.75 Å². The van der Waals surface area contributed by atoms with Crippen LogP contribution in [0.4, 0.5) is 37.7 Å². The van der Waals surface area contributed by atoms with Gasteiger partial charge in [0.25, 0.3) is 0 Å². The van der Waals surface area contributed by atoms with Gasteiger partial charge in [0.15, 0.2) is 0 Å². The number of carbonyl (C=O) groups is 1. The van der Waals surface area contributed by atoms with Crippen LogP contribution >= 0.6 is 11.6 Å². The van der Waals surface area contributed by atoms with Crippen LogP contribution in [0.25, 0.3) is 0 Å². The van der Waals surface area contributed by atoms with Crippen molar-refractivity contribution < 1.29 is 35.9 Å². The number of halogens is 7. The van der Waals surface area contributed by atoms with Crippen molar-refractivity contribution in [2.45, 2.75) is 12.4 Å². The molecule has 2 aromatic rings. The van der Waals surface area contributed by atoms with Crippen LogP contribution in [0.15, 0.2) is 36.4 Å². The van der Waals surface area contributed by atoms with E-state index in [1.165, 1.54) is 19.2 Å². The Morgan fingerprint density at radius 1 is 1.00 bits per heavy atom. The smallest absolute Gasteiger partial charge is 0.417 e. The van der Waals surface area contributed by atoms with Crippen LogP contribution in [-0.4, -0.2) is 19.6 Å². The first-order valence-electron chi connectivity index (χ1n) is 7.57. The molecular formula is C17H13ClF6N2O2. The number of anilines is 2. The number of rotatable bonds is 5. The van der Waals surface area contributed by atoms with Crippen LogP contribution in [0, 0.1) is 0 Å². The average molecular weight is 427 g/mol. The molecule has 0 saturated heterocycles. The number of benzene rings is 2. The number of carbonyl (C=O) groups excluding carboxylic acids is 1. The van der Waals surface area contributed by atoms with Gasteiger partial charge in [-0.05, 0) is 30.3 Å². The standard InChI is InChI=1S/C17H13ClF6N2O2/c1-28-12-5-9(16(19,20)21)4-11(6-12)26-15(27)8-25-10-2-3-14(18)13(7-10)17(22,23)24/h2-7,25H,8H2,1H3,(H,26,27). The van der Waals surface area contributed by atoms with E-state index in [0.717, 1.165) is 18.2 Å². The Bertz CT molecular complexity index is 868. The summed E-state index contributed by atoms with van der Waals surface area (Å²) in [5.74, 6) is -0.893. The van der Waals surface area contributed by atoms with Crippen LogP contribution in [0.2, 0.25) is 5.02 Å². The van der Waals surface area contributed by atoms with Gasteiger partial charge >= 0.3 is 12.4 Å². The number of methoxy groups -OCH3 is 1. The lowest BCUT2D eigenvalue weighted by molar-refractivity contribution is -0.138. The second kappa shape index (κ2) is 8.17.